The van der Waals surface area contributed by atoms with E-state index in [1.807, 2.05) is 5.43 Å². The van der Waals surface area contributed by atoms with Crippen molar-refractivity contribution < 1.29 is 22.8 Å². The van der Waals surface area contributed by atoms with Crippen LogP contribution >= 0.6 is 0 Å². The Morgan fingerprint density at radius 3 is 2.52 bits per heavy atom. The van der Waals surface area contributed by atoms with Crippen LogP contribution in [0.1, 0.15) is 12.1 Å². The van der Waals surface area contributed by atoms with Crippen LogP contribution < -0.4 is 16.6 Å². The van der Waals surface area contributed by atoms with Crippen molar-refractivity contribution in [1.29, 1.82) is 0 Å². The zero-order valence-corrected chi connectivity index (χ0v) is 10.7. The Kier molecular flexibility index (Phi) is 3.68. The van der Waals surface area contributed by atoms with Crippen LogP contribution in [0.25, 0.3) is 0 Å². The van der Waals surface area contributed by atoms with Crippen LogP contribution in [0.4, 0.5) is 24.9 Å². The van der Waals surface area contributed by atoms with E-state index in [0.717, 1.165) is 4.90 Å². The molecule has 1 fully saturated rings. The Hall–Kier alpha value is -2.43. The van der Waals surface area contributed by atoms with Gasteiger partial charge in [-0.2, -0.15) is 18.2 Å². The van der Waals surface area contributed by atoms with Crippen LogP contribution in [-0.2, 0) is 15.8 Å². The molecule has 4 N–H and O–H groups in total. The first-order chi connectivity index (χ1) is 9.72. The van der Waals surface area contributed by atoms with Crippen molar-refractivity contribution >= 4 is 23.6 Å². The van der Waals surface area contributed by atoms with Crippen molar-refractivity contribution in [1.82, 2.24) is 14.9 Å². The Balaban J connectivity index is 2.28. The van der Waals surface area contributed by atoms with Crippen LogP contribution in [0.5, 0.6) is 0 Å². The smallest absolute Gasteiger partial charge is 0.358 e. The normalized spacial score (nSPS) is 19.1. The lowest BCUT2D eigenvalue weighted by atomic mass is 10.2. The predicted molar refractivity (Wildman–Crippen MR) is 64.6 cm³/mol. The van der Waals surface area contributed by atoms with E-state index in [1.54, 1.807) is 0 Å². The molecule has 1 aromatic heterocycles. The molecule has 0 aromatic carbocycles. The van der Waals surface area contributed by atoms with Crippen LogP contribution in [0, 0.1) is 0 Å². The maximum absolute atomic E-state index is 12.7. The van der Waals surface area contributed by atoms with E-state index in [1.165, 1.54) is 7.05 Å². The summed E-state index contributed by atoms with van der Waals surface area (Å²) in [6.07, 6.45) is -4.86. The van der Waals surface area contributed by atoms with E-state index in [-0.39, 0.29) is 12.2 Å². The lowest BCUT2D eigenvalue weighted by Gasteiger charge is -2.14. The third-order valence-electron chi connectivity index (χ3n) is 2.85. The molecule has 2 rings (SSSR count). The summed E-state index contributed by atoms with van der Waals surface area (Å²) in [7, 11) is 1.29. The molecule has 1 aliphatic rings. The highest BCUT2D eigenvalue weighted by molar-refractivity contribution is 6.06. The van der Waals surface area contributed by atoms with E-state index in [2.05, 4.69) is 15.3 Å². The molecule has 0 saturated carbocycles. The number of carbonyl (C=O) groups excluding carboxylic acids is 2. The number of alkyl halides is 3. The van der Waals surface area contributed by atoms with Gasteiger partial charge in [-0.05, 0) is 0 Å². The van der Waals surface area contributed by atoms with Crippen molar-refractivity contribution in [2.75, 3.05) is 17.8 Å². The molecule has 2 heterocycles. The second-order valence-corrected chi connectivity index (χ2v) is 4.30. The molecule has 1 aliphatic heterocycles. The molecule has 21 heavy (non-hydrogen) atoms. The number of nitrogens with two attached hydrogens (primary N) is 1. The Labute approximate surface area is 116 Å². The molecule has 0 radical (unpaired) electrons. The van der Waals surface area contributed by atoms with Gasteiger partial charge in [-0.15, -0.1) is 0 Å². The molecule has 0 spiro atoms. The van der Waals surface area contributed by atoms with Gasteiger partial charge in [0.15, 0.2) is 5.69 Å². The van der Waals surface area contributed by atoms with Gasteiger partial charge in [0.1, 0.15) is 11.9 Å². The van der Waals surface area contributed by atoms with Gasteiger partial charge in [-0.1, -0.05) is 0 Å². The van der Waals surface area contributed by atoms with Crippen LogP contribution in [0.15, 0.2) is 6.07 Å². The van der Waals surface area contributed by atoms with E-state index < -0.39 is 35.7 Å². The number of anilines is 2. The second-order valence-electron chi connectivity index (χ2n) is 4.30. The van der Waals surface area contributed by atoms with Gasteiger partial charge in [0, 0.05) is 13.1 Å². The van der Waals surface area contributed by atoms with Crippen molar-refractivity contribution in [2.45, 2.75) is 18.6 Å². The van der Waals surface area contributed by atoms with Gasteiger partial charge in [-0.3, -0.25) is 19.9 Å². The SMILES string of the molecule is CN1C(=O)CC(Nc2cc(C(F)(F)F)nc(NN)n2)C1=O. The van der Waals surface area contributed by atoms with Crippen LogP contribution in [0.2, 0.25) is 0 Å². The topological polar surface area (TPSA) is 113 Å². The zero-order valence-electron chi connectivity index (χ0n) is 10.7. The molecule has 2 amide bonds. The number of likely N-dealkylation sites (N-methyl/N-ethyl adjacent to an activating group) is 1. The van der Waals surface area contributed by atoms with Crippen molar-refractivity contribution in [2.24, 2.45) is 5.84 Å². The summed E-state index contributed by atoms with van der Waals surface area (Å²) in [5, 5.41) is 2.48. The number of imide groups is 1. The predicted octanol–water partition coefficient (Wildman–Crippen LogP) is -0.0498. The van der Waals surface area contributed by atoms with Crippen LogP contribution in [-0.4, -0.2) is 39.8 Å². The highest BCUT2D eigenvalue weighted by Crippen LogP contribution is 2.30. The van der Waals surface area contributed by atoms with Gasteiger partial charge in [0.05, 0.1) is 6.42 Å². The lowest BCUT2D eigenvalue weighted by Crippen LogP contribution is -2.32. The van der Waals surface area contributed by atoms with Crippen LogP contribution in [0.3, 0.4) is 0 Å². The number of amides is 2. The minimum absolute atomic E-state index is 0.161. The molecule has 8 nitrogen and oxygen atoms in total. The fourth-order valence-corrected chi connectivity index (χ4v) is 1.78. The van der Waals surface area contributed by atoms with E-state index in [9.17, 15) is 22.8 Å². The van der Waals surface area contributed by atoms with Crippen molar-refractivity contribution in [3.8, 4) is 0 Å². The number of hydrazine groups is 1. The number of halogens is 3. The Morgan fingerprint density at radius 2 is 2.05 bits per heavy atom. The lowest BCUT2D eigenvalue weighted by molar-refractivity contribution is -0.141. The van der Waals surface area contributed by atoms with Gasteiger partial charge < -0.3 is 5.32 Å². The average Bonchev–Trinajstić information content (AvgIpc) is 2.65. The maximum atomic E-state index is 12.7. The quantitative estimate of drug-likeness (QED) is 0.407. The van der Waals surface area contributed by atoms with Gasteiger partial charge in [0.25, 0.3) is 5.91 Å². The van der Waals surface area contributed by atoms with E-state index in [0.29, 0.717) is 6.07 Å². The van der Waals surface area contributed by atoms with Gasteiger partial charge in [-0.25, -0.2) is 10.8 Å². The number of rotatable bonds is 3. The highest BCUT2D eigenvalue weighted by atomic mass is 19.4. The summed E-state index contributed by atoms with van der Waals surface area (Å²) in [5.41, 5.74) is 0.685. The molecule has 1 aromatic rings. The number of hydrogen-bond donors (Lipinski definition) is 3. The van der Waals surface area contributed by atoms with Gasteiger partial charge >= 0.3 is 6.18 Å². The molecular weight excluding hydrogens is 293 g/mol. The standard InChI is InChI=1S/C10H11F3N6O2/c1-19-7(20)2-4(8(19)21)15-6-3-5(10(11,12)13)16-9(17-6)18-14/h3-4H,2,14H2,1H3,(H2,15,16,17,18). The molecule has 1 unspecified atom stereocenters. The minimum Gasteiger partial charge on any atom is -0.358 e. The largest absolute Gasteiger partial charge is 0.433 e. The third kappa shape index (κ3) is 3.02. The molecule has 0 bridgehead atoms. The summed E-state index contributed by atoms with van der Waals surface area (Å²) in [6, 6.07) is -0.333. The fraction of sp³-hybridized carbons (Fsp3) is 0.400. The van der Waals surface area contributed by atoms with E-state index >= 15 is 0 Å². The molecule has 11 heteroatoms. The first-order valence-corrected chi connectivity index (χ1v) is 5.72. The number of nitrogen functional groups attached to an aromatic ring is 1. The molecule has 1 atom stereocenters. The summed E-state index contributed by atoms with van der Waals surface area (Å²) in [6.45, 7) is 0. The Morgan fingerprint density at radius 1 is 1.38 bits per heavy atom. The molecular formula is C10H11F3N6O2. The minimum atomic E-state index is -4.70. The number of carbonyl (C=O) groups is 2. The van der Waals surface area contributed by atoms with Gasteiger partial charge in [0.2, 0.25) is 11.9 Å². The highest BCUT2D eigenvalue weighted by Gasteiger charge is 2.37. The van der Waals surface area contributed by atoms with Crippen molar-refractivity contribution in [3.63, 3.8) is 0 Å². The average molecular weight is 304 g/mol. The second kappa shape index (κ2) is 5.16. The first-order valence-electron chi connectivity index (χ1n) is 5.72. The summed E-state index contributed by atoms with van der Waals surface area (Å²) >= 11 is 0. The Bertz CT molecular complexity index is 591. The zero-order chi connectivity index (χ0) is 15.8. The molecule has 114 valence electrons. The molecule has 0 aliphatic carbocycles. The third-order valence-corrected chi connectivity index (χ3v) is 2.85. The summed E-state index contributed by atoms with van der Waals surface area (Å²) < 4.78 is 38.0. The van der Waals surface area contributed by atoms with Crippen molar-refractivity contribution in [3.05, 3.63) is 11.8 Å². The number of aromatic nitrogens is 2. The molecule has 1 saturated heterocycles. The summed E-state index contributed by atoms with van der Waals surface area (Å²) in [5.74, 6) is 3.32. The number of hydrogen-bond acceptors (Lipinski definition) is 7. The van der Waals surface area contributed by atoms with E-state index in [4.69, 9.17) is 5.84 Å². The maximum Gasteiger partial charge on any atom is 0.433 e. The monoisotopic (exact) mass is 304 g/mol. The first kappa shape index (κ1) is 15.0. The number of nitrogens with one attached hydrogen (secondary N) is 2. The summed E-state index contributed by atoms with van der Waals surface area (Å²) in [4.78, 5) is 30.8. The fourth-order valence-electron chi connectivity index (χ4n) is 1.78. The number of likely N-dealkylation sites (tertiary alicyclic amines) is 1. The number of nitrogens with zero attached hydrogens (tertiary/aromatic N) is 3.